The van der Waals surface area contributed by atoms with E-state index in [0.29, 0.717) is 16.9 Å². The quantitative estimate of drug-likeness (QED) is 0.229. The fourth-order valence-corrected chi connectivity index (χ4v) is 5.59. The van der Waals surface area contributed by atoms with Crippen LogP contribution in [0.2, 0.25) is 5.02 Å². The van der Waals surface area contributed by atoms with Gasteiger partial charge in [-0.3, -0.25) is 9.88 Å². The van der Waals surface area contributed by atoms with Crippen LogP contribution in [-0.4, -0.2) is 42.1 Å². The fraction of sp³-hybridized carbons (Fsp3) is 0.310. The topological polar surface area (TPSA) is 51.7 Å². The minimum Gasteiger partial charge on any atom is -0.497 e. The zero-order chi connectivity index (χ0) is 24.4. The lowest BCUT2D eigenvalue weighted by Crippen LogP contribution is -2.55. The average molecular weight is 489 g/mol. The molecule has 5 atom stereocenters. The maximum atomic E-state index is 13.1. The lowest BCUT2D eigenvalue weighted by molar-refractivity contribution is -0.151. The molecule has 5 nitrogen and oxygen atoms in total. The molecule has 3 fully saturated rings. The fourth-order valence-electron chi connectivity index (χ4n) is 5.47. The van der Waals surface area contributed by atoms with E-state index in [2.05, 4.69) is 22.5 Å². The Bertz CT molecular complexity index is 1260. The molecule has 6 heteroatoms. The summed E-state index contributed by atoms with van der Waals surface area (Å²) in [5, 5.41) is 1.60. The predicted octanol–water partition coefficient (Wildman–Crippen LogP) is 6.09. The summed E-state index contributed by atoms with van der Waals surface area (Å²) in [6.07, 6.45) is 8.79. The highest BCUT2D eigenvalue weighted by molar-refractivity contribution is 6.30. The molecular formula is C29H29ClN2O3. The molecule has 0 amide bonds. The first-order chi connectivity index (χ1) is 17.1. The summed E-state index contributed by atoms with van der Waals surface area (Å²) >= 11 is 5.98. The van der Waals surface area contributed by atoms with Gasteiger partial charge in [-0.05, 0) is 79.3 Å². The van der Waals surface area contributed by atoms with Gasteiger partial charge in [-0.2, -0.15) is 0 Å². The van der Waals surface area contributed by atoms with Crippen LogP contribution in [-0.2, 0) is 9.53 Å². The van der Waals surface area contributed by atoms with Crippen molar-refractivity contribution in [2.45, 2.75) is 25.0 Å². The number of methoxy groups -OCH3 is 1. The van der Waals surface area contributed by atoms with E-state index < -0.39 is 6.10 Å². The number of halogens is 1. The molecular weight excluding hydrogens is 460 g/mol. The van der Waals surface area contributed by atoms with Crippen molar-refractivity contribution in [3.05, 3.63) is 89.6 Å². The molecule has 0 radical (unpaired) electrons. The summed E-state index contributed by atoms with van der Waals surface area (Å²) in [7, 11) is 1.65. The van der Waals surface area contributed by atoms with Crippen molar-refractivity contribution in [2.24, 2.45) is 11.8 Å². The van der Waals surface area contributed by atoms with Crippen LogP contribution < -0.4 is 4.74 Å². The van der Waals surface area contributed by atoms with Gasteiger partial charge in [0.2, 0.25) is 0 Å². The molecule has 3 saturated heterocycles. The van der Waals surface area contributed by atoms with E-state index in [1.54, 1.807) is 31.5 Å². The maximum Gasteiger partial charge on any atom is 0.331 e. The van der Waals surface area contributed by atoms with Crippen LogP contribution in [0, 0.1) is 11.8 Å². The van der Waals surface area contributed by atoms with Gasteiger partial charge >= 0.3 is 5.97 Å². The first-order valence-electron chi connectivity index (χ1n) is 12.0. The number of benzene rings is 2. The normalized spacial score (nSPS) is 24.4. The molecule has 4 unspecified atom stereocenters. The minimum atomic E-state index is -0.427. The van der Waals surface area contributed by atoms with Gasteiger partial charge < -0.3 is 9.47 Å². The zero-order valence-electron chi connectivity index (χ0n) is 19.8. The number of ether oxygens (including phenoxy) is 2. The second-order valence-corrected chi connectivity index (χ2v) is 9.71. The molecule has 3 aliphatic rings. The Morgan fingerprint density at radius 3 is 2.77 bits per heavy atom. The second-order valence-electron chi connectivity index (χ2n) is 9.27. The number of esters is 1. The van der Waals surface area contributed by atoms with Crippen molar-refractivity contribution < 1.29 is 14.3 Å². The van der Waals surface area contributed by atoms with E-state index in [1.165, 1.54) is 6.08 Å². The van der Waals surface area contributed by atoms with Crippen molar-refractivity contribution in [1.82, 2.24) is 9.88 Å². The van der Waals surface area contributed by atoms with Crippen LogP contribution in [0.4, 0.5) is 0 Å². The molecule has 35 heavy (non-hydrogen) atoms. The van der Waals surface area contributed by atoms with Crippen molar-refractivity contribution >= 4 is 34.5 Å². The Labute approximate surface area is 211 Å². The highest BCUT2D eigenvalue weighted by Crippen LogP contribution is 2.43. The molecule has 3 aromatic rings. The smallest absolute Gasteiger partial charge is 0.331 e. The maximum absolute atomic E-state index is 13.1. The molecule has 3 aliphatic heterocycles. The van der Waals surface area contributed by atoms with E-state index in [9.17, 15) is 4.79 Å². The van der Waals surface area contributed by atoms with Gasteiger partial charge in [0.05, 0.1) is 18.7 Å². The van der Waals surface area contributed by atoms with Crippen LogP contribution in [0.15, 0.2) is 73.5 Å². The Morgan fingerprint density at radius 2 is 2.06 bits per heavy atom. The van der Waals surface area contributed by atoms with E-state index in [-0.39, 0.29) is 12.0 Å². The number of carbonyl (C=O) groups is 1. The molecule has 0 N–H and O–H groups in total. The van der Waals surface area contributed by atoms with E-state index in [1.807, 2.05) is 36.4 Å². The number of pyridine rings is 1. The minimum absolute atomic E-state index is 0.0923. The van der Waals surface area contributed by atoms with Gasteiger partial charge in [0.15, 0.2) is 0 Å². The number of fused-ring (bicyclic) bond motifs is 4. The first-order valence-corrected chi connectivity index (χ1v) is 12.4. The summed E-state index contributed by atoms with van der Waals surface area (Å²) in [4.78, 5) is 20.1. The largest absolute Gasteiger partial charge is 0.497 e. The molecule has 0 spiro atoms. The third kappa shape index (κ3) is 4.97. The Hall–Kier alpha value is -3.15. The van der Waals surface area contributed by atoms with Gasteiger partial charge in [0.1, 0.15) is 11.9 Å². The predicted molar refractivity (Wildman–Crippen MR) is 139 cm³/mol. The zero-order valence-corrected chi connectivity index (χ0v) is 20.5. The van der Waals surface area contributed by atoms with Gasteiger partial charge in [-0.25, -0.2) is 4.79 Å². The van der Waals surface area contributed by atoms with Crippen molar-refractivity contribution in [2.75, 3.05) is 20.2 Å². The number of piperidine rings is 3. The highest BCUT2D eigenvalue weighted by Gasteiger charge is 2.44. The Morgan fingerprint density at radius 1 is 1.23 bits per heavy atom. The number of hydrogen-bond acceptors (Lipinski definition) is 5. The molecule has 2 aromatic carbocycles. The summed E-state index contributed by atoms with van der Waals surface area (Å²) in [5.74, 6) is 1.41. The van der Waals surface area contributed by atoms with Crippen molar-refractivity contribution in [3.8, 4) is 5.75 Å². The molecule has 4 heterocycles. The molecule has 6 rings (SSSR count). The van der Waals surface area contributed by atoms with Crippen LogP contribution in [0.25, 0.3) is 17.0 Å². The number of hydrogen-bond donors (Lipinski definition) is 0. The van der Waals surface area contributed by atoms with E-state index >= 15 is 0 Å². The molecule has 1 aromatic heterocycles. The van der Waals surface area contributed by atoms with Crippen LogP contribution >= 0.6 is 11.6 Å². The lowest BCUT2D eigenvalue weighted by Gasteiger charge is -2.51. The number of aromatic nitrogens is 1. The monoisotopic (exact) mass is 488 g/mol. The summed E-state index contributed by atoms with van der Waals surface area (Å²) in [6, 6.07) is 15.2. The van der Waals surface area contributed by atoms with Crippen LogP contribution in [0.1, 0.15) is 30.1 Å². The third-order valence-electron chi connectivity index (χ3n) is 7.32. The molecule has 180 valence electrons. The molecule has 0 aliphatic carbocycles. The second kappa shape index (κ2) is 10.2. The van der Waals surface area contributed by atoms with Crippen LogP contribution in [0.5, 0.6) is 5.75 Å². The Balaban J connectivity index is 1.49. The van der Waals surface area contributed by atoms with E-state index in [0.717, 1.165) is 53.7 Å². The Kier molecular flexibility index (Phi) is 6.89. The highest BCUT2D eigenvalue weighted by atomic mass is 35.5. The number of carbonyl (C=O) groups excluding carboxylic acids is 1. The van der Waals surface area contributed by atoms with Gasteiger partial charge in [0.25, 0.3) is 0 Å². The molecule has 2 bridgehead atoms. The standard InChI is InChI=1S/C29H29ClN2O3/c1-3-20-18-32-15-13-21(20)16-27(32)29(35-28(33)11-6-19-4-7-22(30)8-5-19)24-12-14-31-26-10-9-23(34-2)17-25(24)26/h3-12,14,17,20-21,27,29H,1,13,15-16,18H2,2H3/b11-6+/t20?,21?,27?,29-/m0/s1. The number of rotatable bonds is 7. The summed E-state index contributed by atoms with van der Waals surface area (Å²) < 4.78 is 11.7. The summed E-state index contributed by atoms with van der Waals surface area (Å²) in [6.45, 7) is 5.99. The van der Waals surface area contributed by atoms with Gasteiger partial charge in [-0.15, -0.1) is 6.58 Å². The first kappa shape index (κ1) is 23.6. The van der Waals surface area contributed by atoms with Crippen molar-refractivity contribution in [3.63, 3.8) is 0 Å². The van der Waals surface area contributed by atoms with E-state index in [4.69, 9.17) is 21.1 Å². The third-order valence-corrected chi connectivity index (χ3v) is 7.57. The average Bonchev–Trinajstić information content (AvgIpc) is 2.91. The number of nitrogens with zero attached hydrogens (tertiary/aromatic N) is 2. The molecule has 0 saturated carbocycles. The SMILES string of the molecule is C=CC1CN2CCC1CC2[C@@H](OC(=O)/C=C/c1ccc(Cl)cc1)c1ccnc2ccc(OC)cc12. The van der Waals surface area contributed by atoms with Gasteiger partial charge in [0, 0.05) is 34.8 Å². The summed E-state index contributed by atoms with van der Waals surface area (Å²) in [5.41, 5.74) is 2.69. The lowest BCUT2D eigenvalue weighted by atomic mass is 9.73. The van der Waals surface area contributed by atoms with Gasteiger partial charge in [-0.1, -0.05) is 29.8 Å². The van der Waals surface area contributed by atoms with Crippen LogP contribution in [0.3, 0.4) is 0 Å². The van der Waals surface area contributed by atoms with Crippen molar-refractivity contribution in [1.29, 1.82) is 0 Å².